The third-order valence-electron chi connectivity index (χ3n) is 9.08. The Kier molecular flexibility index (Phi) is 7.87. The van der Waals surface area contributed by atoms with Gasteiger partial charge >= 0.3 is 0 Å². The molecule has 0 aliphatic heterocycles. The lowest BCUT2D eigenvalue weighted by Crippen LogP contribution is -2.48. The predicted octanol–water partition coefficient (Wildman–Crippen LogP) is 5.95. The summed E-state index contributed by atoms with van der Waals surface area (Å²) in [5.41, 5.74) is 6.17. The molecule has 4 saturated carbocycles. The number of carbonyl (C=O) groups excluding carboxylic acids is 2. The minimum Gasteiger partial charge on any atom is -0.497 e. The molecule has 3 aromatic rings. The van der Waals surface area contributed by atoms with Crippen molar-refractivity contribution < 1.29 is 23.8 Å². The van der Waals surface area contributed by atoms with Crippen LogP contribution in [-0.2, 0) is 10.2 Å². The lowest BCUT2D eigenvalue weighted by atomic mass is 9.48. The van der Waals surface area contributed by atoms with Crippen LogP contribution in [0.2, 0.25) is 0 Å². The van der Waals surface area contributed by atoms with Crippen molar-refractivity contribution in [3.63, 3.8) is 0 Å². The van der Waals surface area contributed by atoms with Gasteiger partial charge in [0.1, 0.15) is 5.75 Å². The number of methoxy groups -OCH3 is 2. The Morgan fingerprint density at radius 2 is 1.60 bits per heavy atom. The van der Waals surface area contributed by atoms with Gasteiger partial charge in [0.25, 0.3) is 11.8 Å². The number of ether oxygens (including phenoxy) is 3. The molecule has 0 atom stereocenters. The van der Waals surface area contributed by atoms with Crippen LogP contribution in [0.25, 0.3) is 0 Å². The molecule has 218 valence electrons. The minimum atomic E-state index is -0.356. The molecular weight excluding hydrogens is 530 g/mol. The van der Waals surface area contributed by atoms with Gasteiger partial charge in [0.2, 0.25) is 0 Å². The first kappa shape index (κ1) is 27.8. The Morgan fingerprint density at radius 3 is 2.26 bits per heavy atom. The standard InChI is InChI=1S/C34H37N3O5/c1-40-29-5-3-4-26(16-29)33(39)37-35-20-22-6-11-30(31(15-22)41-2)42-21-32(38)36-28-9-7-27(8-10-28)34-17-23-12-24(18-34)14-25(13-23)19-34/h3-11,15-16,20,23-25H,12-14,17-19,21H2,1-2H3,(H,36,38)(H,37,39)/b35-20-. The smallest absolute Gasteiger partial charge is 0.271 e. The van der Waals surface area contributed by atoms with Crippen molar-refractivity contribution in [2.75, 3.05) is 26.1 Å². The normalized spacial score (nSPS) is 23.9. The highest BCUT2D eigenvalue weighted by atomic mass is 16.5. The molecule has 0 aromatic heterocycles. The van der Waals surface area contributed by atoms with Gasteiger partial charge in [-0.15, -0.1) is 0 Å². The molecule has 0 saturated heterocycles. The average Bonchev–Trinajstić information content (AvgIpc) is 3.00. The molecule has 4 aliphatic carbocycles. The Morgan fingerprint density at radius 1 is 0.881 bits per heavy atom. The fourth-order valence-corrected chi connectivity index (χ4v) is 7.59. The predicted molar refractivity (Wildman–Crippen MR) is 161 cm³/mol. The van der Waals surface area contributed by atoms with Gasteiger partial charge in [0.05, 0.1) is 20.4 Å². The first-order valence-electron chi connectivity index (χ1n) is 14.6. The second-order valence-corrected chi connectivity index (χ2v) is 12.0. The molecule has 3 aromatic carbocycles. The van der Waals surface area contributed by atoms with Crippen LogP contribution in [0.4, 0.5) is 5.69 Å². The number of benzene rings is 3. The van der Waals surface area contributed by atoms with Crippen molar-refractivity contribution in [1.82, 2.24) is 5.43 Å². The second kappa shape index (κ2) is 11.9. The summed E-state index contributed by atoms with van der Waals surface area (Å²) in [6.07, 6.45) is 9.76. The van der Waals surface area contributed by atoms with E-state index in [1.807, 2.05) is 12.1 Å². The van der Waals surface area contributed by atoms with E-state index in [-0.39, 0.29) is 18.4 Å². The van der Waals surface area contributed by atoms with Gasteiger partial charge in [0, 0.05) is 11.3 Å². The number of carbonyl (C=O) groups is 2. The van der Waals surface area contributed by atoms with Crippen LogP contribution in [-0.4, -0.2) is 38.9 Å². The third-order valence-corrected chi connectivity index (χ3v) is 9.08. The summed E-state index contributed by atoms with van der Waals surface area (Å²) < 4.78 is 16.4. The molecule has 0 radical (unpaired) electrons. The molecule has 7 rings (SSSR count). The van der Waals surface area contributed by atoms with E-state index < -0.39 is 0 Å². The van der Waals surface area contributed by atoms with Gasteiger partial charge in [-0.2, -0.15) is 5.10 Å². The number of nitrogens with one attached hydrogen (secondary N) is 2. The highest BCUT2D eigenvalue weighted by Crippen LogP contribution is 2.60. The van der Waals surface area contributed by atoms with E-state index in [9.17, 15) is 9.59 Å². The van der Waals surface area contributed by atoms with Crippen LogP contribution in [0.5, 0.6) is 17.2 Å². The molecular formula is C34H37N3O5. The minimum absolute atomic E-state index is 0.156. The van der Waals surface area contributed by atoms with Crippen LogP contribution >= 0.6 is 0 Å². The van der Waals surface area contributed by atoms with Crippen LogP contribution < -0.4 is 25.0 Å². The van der Waals surface area contributed by atoms with Crippen molar-refractivity contribution >= 4 is 23.7 Å². The van der Waals surface area contributed by atoms with Gasteiger partial charge in [0.15, 0.2) is 18.1 Å². The van der Waals surface area contributed by atoms with E-state index in [4.69, 9.17) is 14.2 Å². The van der Waals surface area contributed by atoms with Gasteiger partial charge in [-0.25, -0.2) is 5.43 Å². The summed E-state index contributed by atoms with van der Waals surface area (Å²) in [6, 6.07) is 20.5. The van der Waals surface area contributed by atoms with Crippen molar-refractivity contribution in [2.24, 2.45) is 22.9 Å². The quantitative estimate of drug-likeness (QED) is 0.233. The topological polar surface area (TPSA) is 98.3 Å². The molecule has 8 heteroatoms. The van der Waals surface area contributed by atoms with Gasteiger partial charge in [-0.3, -0.25) is 9.59 Å². The van der Waals surface area contributed by atoms with Gasteiger partial charge in [-0.1, -0.05) is 18.2 Å². The molecule has 4 bridgehead atoms. The van der Waals surface area contributed by atoms with Crippen molar-refractivity contribution in [3.8, 4) is 17.2 Å². The molecule has 2 N–H and O–H groups in total. The van der Waals surface area contributed by atoms with Gasteiger partial charge in [-0.05, 0) is 121 Å². The van der Waals surface area contributed by atoms with E-state index in [1.165, 1.54) is 57.4 Å². The zero-order chi connectivity index (χ0) is 29.1. The van der Waals surface area contributed by atoms with Crippen LogP contribution in [0.1, 0.15) is 60.0 Å². The number of nitrogens with zero attached hydrogens (tertiary/aromatic N) is 1. The fourth-order valence-electron chi connectivity index (χ4n) is 7.59. The van der Waals surface area contributed by atoms with Crippen molar-refractivity contribution in [3.05, 3.63) is 83.4 Å². The maximum absolute atomic E-state index is 12.7. The van der Waals surface area contributed by atoms with Crippen LogP contribution in [0, 0.1) is 17.8 Å². The zero-order valence-corrected chi connectivity index (χ0v) is 24.1. The molecule has 0 heterocycles. The summed E-state index contributed by atoms with van der Waals surface area (Å²) in [6.45, 7) is -0.156. The molecule has 42 heavy (non-hydrogen) atoms. The van der Waals surface area contributed by atoms with E-state index in [2.05, 4.69) is 28.0 Å². The highest BCUT2D eigenvalue weighted by Gasteiger charge is 2.51. The lowest BCUT2D eigenvalue weighted by molar-refractivity contribution is -0.118. The Hall–Kier alpha value is -4.33. The molecule has 4 fully saturated rings. The zero-order valence-electron chi connectivity index (χ0n) is 24.1. The number of anilines is 1. The Bertz CT molecular complexity index is 1450. The number of hydrogen-bond acceptors (Lipinski definition) is 6. The monoisotopic (exact) mass is 567 g/mol. The molecule has 0 spiro atoms. The summed E-state index contributed by atoms with van der Waals surface area (Å²) in [5, 5.41) is 6.98. The third kappa shape index (κ3) is 5.98. The number of rotatable bonds is 10. The molecule has 4 aliphatic rings. The fraction of sp³-hybridized carbons (Fsp3) is 0.382. The summed E-state index contributed by atoms with van der Waals surface area (Å²) in [4.78, 5) is 25.0. The molecule has 2 amide bonds. The second-order valence-electron chi connectivity index (χ2n) is 12.0. The first-order chi connectivity index (χ1) is 20.4. The van der Waals surface area contributed by atoms with Gasteiger partial charge < -0.3 is 19.5 Å². The molecule has 8 nitrogen and oxygen atoms in total. The molecule has 0 unspecified atom stereocenters. The largest absolute Gasteiger partial charge is 0.497 e. The van der Waals surface area contributed by atoms with Crippen LogP contribution in [0.15, 0.2) is 71.8 Å². The lowest BCUT2D eigenvalue weighted by Gasteiger charge is -2.57. The number of amides is 2. The Labute approximate surface area is 246 Å². The summed E-state index contributed by atoms with van der Waals surface area (Å²) in [7, 11) is 3.07. The average molecular weight is 568 g/mol. The SMILES string of the molecule is COc1cccc(C(=O)N/N=C\c2ccc(OCC(=O)Nc3ccc(C45CC6CC(CC(C6)C4)C5)cc3)c(OC)c2)c1. The van der Waals surface area contributed by atoms with Crippen molar-refractivity contribution in [1.29, 1.82) is 0 Å². The number of hydrazone groups is 1. The van der Waals surface area contributed by atoms with E-state index in [1.54, 1.807) is 49.6 Å². The summed E-state index contributed by atoms with van der Waals surface area (Å²) in [5.74, 6) is 3.57. The maximum Gasteiger partial charge on any atom is 0.271 e. The summed E-state index contributed by atoms with van der Waals surface area (Å²) >= 11 is 0. The van der Waals surface area contributed by atoms with Crippen LogP contribution in [0.3, 0.4) is 0 Å². The van der Waals surface area contributed by atoms with E-state index in [0.29, 0.717) is 33.8 Å². The highest BCUT2D eigenvalue weighted by molar-refractivity contribution is 5.95. The Balaban J connectivity index is 1.01. The first-order valence-corrected chi connectivity index (χ1v) is 14.6. The number of hydrogen-bond donors (Lipinski definition) is 2. The van der Waals surface area contributed by atoms with E-state index >= 15 is 0 Å². The maximum atomic E-state index is 12.7. The van der Waals surface area contributed by atoms with Crippen molar-refractivity contribution in [2.45, 2.75) is 43.9 Å². The van der Waals surface area contributed by atoms with E-state index in [0.717, 1.165) is 23.4 Å².